The Bertz CT molecular complexity index is 527. The van der Waals surface area contributed by atoms with E-state index in [1.807, 2.05) is 31.2 Å². The molecule has 0 radical (unpaired) electrons. The maximum atomic E-state index is 11.0. The monoisotopic (exact) mass is 216 g/mol. The second kappa shape index (κ2) is 3.69. The SMILES string of the molecule is Cc1ccc(-n2cc(C(N)=O)c(N)n2)cc1. The Morgan fingerprint density at radius 1 is 1.31 bits per heavy atom. The summed E-state index contributed by atoms with van der Waals surface area (Å²) in [6, 6.07) is 7.70. The van der Waals surface area contributed by atoms with Crippen molar-refractivity contribution in [3.63, 3.8) is 0 Å². The zero-order valence-electron chi connectivity index (χ0n) is 8.84. The van der Waals surface area contributed by atoms with E-state index in [0.717, 1.165) is 11.3 Å². The van der Waals surface area contributed by atoms with Gasteiger partial charge in [-0.1, -0.05) is 17.7 Å². The van der Waals surface area contributed by atoms with Crippen molar-refractivity contribution in [2.24, 2.45) is 5.73 Å². The van der Waals surface area contributed by atoms with Crippen LogP contribution in [0.2, 0.25) is 0 Å². The molecule has 1 aromatic heterocycles. The van der Waals surface area contributed by atoms with E-state index in [1.54, 1.807) is 0 Å². The maximum absolute atomic E-state index is 11.0. The Balaban J connectivity index is 2.45. The number of nitrogens with zero attached hydrogens (tertiary/aromatic N) is 2. The first-order chi connectivity index (χ1) is 7.58. The molecule has 82 valence electrons. The first kappa shape index (κ1) is 10.2. The second-order valence-corrected chi connectivity index (χ2v) is 3.57. The van der Waals surface area contributed by atoms with Gasteiger partial charge >= 0.3 is 0 Å². The molecule has 0 saturated carbocycles. The van der Waals surface area contributed by atoms with Crippen LogP contribution in [-0.4, -0.2) is 15.7 Å². The average Bonchev–Trinajstić information content (AvgIpc) is 2.61. The molecule has 0 saturated heterocycles. The number of aromatic nitrogens is 2. The third-order valence-corrected chi connectivity index (χ3v) is 2.31. The number of primary amides is 1. The molecular formula is C11H12N4O. The van der Waals surface area contributed by atoms with Crippen molar-refractivity contribution in [3.05, 3.63) is 41.6 Å². The lowest BCUT2D eigenvalue weighted by atomic mass is 10.2. The number of rotatable bonds is 2. The molecule has 0 fully saturated rings. The second-order valence-electron chi connectivity index (χ2n) is 3.57. The van der Waals surface area contributed by atoms with Gasteiger partial charge in [-0.15, -0.1) is 5.10 Å². The molecule has 0 atom stereocenters. The Labute approximate surface area is 92.7 Å². The molecule has 0 aliphatic rings. The number of benzene rings is 1. The van der Waals surface area contributed by atoms with Gasteiger partial charge in [-0.25, -0.2) is 4.68 Å². The number of hydrogen-bond donors (Lipinski definition) is 2. The van der Waals surface area contributed by atoms with Crippen LogP contribution in [0.4, 0.5) is 5.82 Å². The first-order valence-electron chi connectivity index (χ1n) is 4.80. The number of hydrogen-bond acceptors (Lipinski definition) is 3. The van der Waals surface area contributed by atoms with E-state index >= 15 is 0 Å². The van der Waals surface area contributed by atoms with Crippen molar-refractivity contribution in [1.29, 1.82) is 0 Å². The van der Waals surface area contributed by atoms with Gasteiger partial charge in [0.1, 0.15) is 5.56 Å². The molecule has 0 aliphatic carbocycles. The van der Waals surface area contributed by atoms with Crippen molar-refractivity contribution < 1.29 is 4.79 Å². The highest BCUT2D eigenvalue weighted by molar-refractivity contribution is 5.96. The lowest BCUT2D eigenvalue weighted by Crippen LogP contribution is -2.11. The van der Waals surface area contributed by atoms with Crippen LogP contribution >= 0.6 is 0 Å². The van der Waals surface area contributed by atoms with Gasteiger partial charge in [0.05, 0.1) is 5.69 Å². The Morgan fingerprint density at radius 3 is 2.44 bits per heavy atom. The molecule has 5 heteroatoms. The third-order valence-electron chi connectivity index (χ3n) is 2.31. The number of amides is 1. The summed E-state index contributed by atoms with van der Waals surface area (Å²) in [5.41, 5.74) is 13.0. The van der Waals surface area contributed by atoms with Crippen LogP contribution in [0.3, 0.4) is 0 Å². The van der Waals surface area contributed by atoms with Crippen molar-refractivity contribution >= 4 is 11.7 Å². The summed E-state index contributed by atoms with van der Waals surface area (Å²) in [5.74, 6) is -0.427. The molecule has 0 spiro atoms. The van der Waals surface area contributed by atoms with E-state index in [-0.39, 0.29) is 11.4 Å². The van der Waals surface area contributed by atoms with Gasteiger partial charge in [-0.2, -0.15) is 0 Å². The van der Waals surface area contributed by atoms with E-state index in [4.69, 9.17) is 11.5 Å². The fourth-order valence-corrected chi connectivity index (χ4v) is 1.41. The molecule has 0 aliphatic heterocycles. The highest BCUT2D eigenvalue weighted by Crippen LogP contribution is 2.14. The third kappa shape index (κ3) is 1.75. The summed E-state index contributed by atoms with van der Waals surface area (Å²) in [6.45, 7) is 2.00. The molecule has 2 aromatic rings. The average molecular weight is 216 g/mol. The van der Waals surface area contributed by atoms with E-state index in [0.29, 0.717) is 0 Å². The quantitative estimate of drug-likeness (QED) is 0.780. The molecule has 0 unspecified atom stereocenters. The van der Waals surface area contributed by atoms with Crippen LogP contribution < -0.4 is 11.5 Å². The van der Waals surface area contributed by atoms with Crippen molar-refractivity contribution in [2.75, 3.05) is 5.73 Å². The Hall–Kier alpha value is -2.30. The van der Waals surface area contributed by atoms with Gasteiger partial charge < -0.3 is 11.5 Å². The molecule has 1 heterocycles. The summed E-state index contributed by atoms with van der Waals surface area (Å²) in [6.07, 6.45) is 1.53. The number of anilines is 1. The molecule has 1 amide bonds. The highest BCUT2D eigenvalue weighted by Gasteiger charge is 2.11. The van der Waals surface area contributed by atoms with Gasteiger partial charge in [0.2, 0.25) is 0 Å². The van der Waals surface area contributed by atoms with E-state index in [9.17, 15) is 4.79 Å². The lowest BCUT2D eigenvalue weighted by Gasteiger charge is -2.00. The number of carbonyl (C=O) groups excluding carboxylic acids is 1. The van der Waals surface area contributed by atoms with Crippen LogP contribution in [-0.2, 0) is 0 Å². The van der Waals surface area contributed by atoms with Crippen LogP contribution in [0.5, 0.6) is 0 Å². The van der Waals surface area contributed by atoms with Gasteiger partial charge in [0.15, 0.2) is 5.82 Å². The minimum Gasteiger partial charge on any atom is -0.382 e. The number of aryl methyl sites for hydroxylation is 1. The zero-order chi connectivity index (χ0) is 11.7. The Morgan fingerprint density at radius 2 is 1.94 bits per heavy atom. The summed E-state index contributed by atoms with van der Waals surface area (Å²) in [5, 5.41) is 4.03. The summed E-state index contributed by atoms with van der Waals surface area (Å²) >= 11 is 0. The van der Waals surface area contributed by atoms with Crippen LogP contribution in [0.1, 0.15) is 15.9 Å². The van der Waals surface area contributed by atoms with Gasteiger partial charge in [-0.05, 0) is 19.1 Å². The standard InChI is InChI=1S/C11H12N4O/c1-7-2-4-8(5-3-7)15-6-9(11(13)16)10(12)14-15/h2-6H,1H3,(H2,12,14)(H2,13,16). The zero-order valence-corrected chi connectivity index (χ0v) is 8.84. The first-order valence-corrected chi connectivity index (χ1v) is 4.80. The topological polar surface area (TPSA) is 86.9 Å². The fourth-order valence-electron chi connectivity index (χ4n) is 1.41. The molecule has 5 nitrogen and oxygen atoms in total. The van der Waals surface area contributed by atoms with E-state index in [1.165, 1.54) is 10.9 Å². The van der Waals surface area contributed by atoms with Crippen LogP contribution in [0.15, 0.2) is 30.5 Å². The minimum atomic E-state index is -0.573. The minimum absolute atomic E-state index is 0.146. The lowest BCUT2D eigenvalue weighted by molar-refractivity contribution is 0.100. The summed E-state index contributed by atoms with van der Waals surface area (Å²) in [7, 11) is 0. The molecule has 16 heavy (non-hydrogen) atoms. The van der Waals surface area contributed by atoms with Crippen LogP contribution in [0, 0.1) is 6.92 Å². The number of nitrogens with two attached hydrogens (primary N) is 2. The Kier molecular flexibility index (Phi) is 2.36. The predicted molar refractivity (Wildman–Crippen MR) is 61.2 cm³/mol. The van der Waals surface area contributed by atoms with Gasteiger partial charge in [0.25, 0.3) is 5.91 Å². The summed E-state index contributed by atoms with van der Waals surface area (Å²) in [4.78, 5) is 11.0. The predicted octanol–water partition coefficient (Wildman–Crippen LogP) is 0.862. The molecule has 2 rings (SSSR count). The normalized spacial score (nSPS) is 10.3. The van der Waals surface area contributed by atoms with Crippen molar-refractivity contribution in [1.82, 2.24) is 9.78 Å². The van der Waals surface area contributed by atoms with Gasteiger partial charge in [-0.3, -0.25) is 4.79 Å². The van der Waals surface area contributed by atoms with E-state index in [2.05, 4.69) is 5.10 Å². The van der Waals surface area contributed by atoms with Crippen molar-refractivity contribution in [2.45, 2.75) is 6.92 Å². The largest absolute Gasteiger partial charge is 0.382 e. The van der Waals surface area contributed by atoms with Crippen molar-refractivity contribution in [3.8, 4) is 5.69 Å². The number of carbonyl (C=O) groups is 1. The van der Waals surface area contributed by atoms with Crippen LogP contribution in [0.25, 0.3) is 5.69 Å². The molecule has 1 aromatic carbocycles. The molecule has 4 N–H and O–H groups in total. The smallest absolute Gasteiger partial charge is 0.254 e. The molecular weight excluding hydrogens is 204 g/mol. The molecule has 0 bridgehead atoms. The van der Waals surface area contributed by atoms with E-state index < -0.39 is 5.91 Å². The van der Waals surface area contributed by atoms with Gasteiger partial charge in [0, 0.05) is 6.20 Å². The number of nitrogen functional groups attached to an aromatic ring is 1. The maximum Gasteiger partial charge on any atom is 0.254 e. The highest BCUT2D eigenvalue weighted by atomic mass is 16.1. The fraction of sp³-hybridized carbons (Fsp3) is 0.0909. The summed E-state index contributed by atoms with van der Waals surface area (Å²) < 4.78 is 1.54.